The second kappa shape index (κ2) is 50.9. The molecule has 1 saturated heterocycles. The standard InChI is InChI=1S/C63H106O12/c1-4-7-10-13-16-19-22-24-26-27-28-29-31-33-36-39-42-45-48-51-57(66)74-61-59(68)58(67)60(62(69)70)75-63(61)72-53-54(73-56(65)50-47-44-41-38-34-21-18-15-12-9-6-3)52-71-55(64)49-46-43-40-37-35-32-30-25-23-20-17-14-11-8-5-2/h7,10,15-16,18-19,24,26,28-29,33,36,54,58-61,63,67-68H,4-6,8-9,11-14,17,20-23,25,27,30-32,34-35,37-53H2,1-3H3,(H,69,70)/b10-7-,18-15-,19-16-,26-24-,29-28-,36-33-. The first-order valence-corrected chi connectivity index (χ1v) is 29.9. The van der Waals surface area contributed by atoms with Crippen molar-refractivity contribution in [3.63, 3.8) is 0 Å². The summed E-state index contributed by atoms with van der Waals surface area (Å²) in [5, 5.41) is 31.5. The summed E-state index contributed by atoms with van der Waals surface area (Å²) in [7, 11) is 0. The number of aliphatic carboxylic acids is 1. The van der Waals surface area contributed by atoms with Gasteiger partial charge in [-0.3, -0.25) is 14.4 Å². The number of carbonyl (C=O) groups is 4. The van der Waals surface area contributed by atoms with E-state index in [0.717, 1.165) is 109 Å². The van der Waals surface area contributed by atoms with Gasteiger partial charge in [0.1, 0.15) is 18.8 Å². The number of hydrogen-bond donors (Lipinski definition) is 3. The summed E-state index contributed by atoms with van der Waals surface area (Å²) in [6.07, 6.45) is 51.6. The number of unbranched alkanes of at least 4 members (excludes halogenated alkanes) is 24. The van der Waals surface area contributed by atoms with Crippen molar-refractivity contribution < 1.29 is 58.2 Å². The Bertz CT molecular complexity index is 1580. The number of rotatable bonds is 50. The fourth-order valence-electron chi connectivity index (χ4n) is 8.67. The SMILES string of the molecule is CC/C=C\C/C=C\C/C=C\C/C=C\C/C=C\CCCCCC(=O)OC1C(OCC(COC(=O)CCCCCCCCCCCCCCCCC)OC(=O)CCCCCCC/C=C\CCCC)OC(C(=O)O)C(O)C1O. The van der Waals surface area contributed by atoms with E-state index in [4.69, 9.17) is 23.7 Å². The fraction of sp³-hybridized carbons (Fsp3) is 0.746. The van der Waals surface area contributed by atoms with Crippen LogP contribution in [0.3, 0.4) is 0 Å². The van der Waals surface area contributed by atoms with Crippen LogP contribution in [0.15, 0.2) is 72.9 Å². The van der Waals surface area contributed by atoms with Crippen LogP contribution in [0.2, 0.25) is 0 Å². The zero-order valence-corrected chi connectivity index (χ0v) is 47.3. The molecule has 430 valence electrons. The van der Waals surface area contributed by atoms with E-state index in [-0.39, 0.29) is 25.9 Å². The van der Waals surface area contributed by atoms with Crippen LogP contribution >= 0.6 is 0 Å². The highest BCUT2D eigenvalue weighted by Gasteiger charge is 2.50. The molecule has 0 saturated carbocycles. The van der Waals surface area contributed by atoms with E-state index in [1.807, 2.05) is 0 Å². The molecule has 0 aromatic rings. The first-order chi connectivity index (χ1) is 36.6. The number of aliphatic hydroxyl groups is 2. The number of hydrogen-bond acceptors (Lipinski definition) is 11. The Morgan fingerprint density at radius 2 is 0.853 bits per heavy atom. The van der Waals surface area contributed by atoms with Crippen molar-refractivity contribution >= 4 is 23.9 Å². The lowest BCUT2D eigenvalue weighted by Gasteiger charge is -2.40. The van der Waals surface area contributed by atoms with Crippen LogP contribution < -0.4 is 0 Å². The predicted octanol–water partition coefficient (Wildman–Crippen LogP) is 15.3. The summed E-state index contributed by atoms with van der Waals surface area (Å²) in [6, 6.07) is 0. The minimum atomic E-state index is -1.92. The topological polar surface area (TPSA) is 175 Å². The second-order valence-electron chi connectivity index (χ2n) is 20.3. The van der Waals surface area contributed by atoms with Crippen molar-refractivity contribution in [3.8, 4) is 0 Å². The van der Waals surface area contributed by atoms with Crippen LogP contribution in [0.4, 0.5) is 0 Å². The predicted molar refractivity (Wildman–Crippen MR) is 303 cm³/mol. The molecule has 3 N–H and O–H groups in total. The van der Waals surface area contributed by atoms with Crippen LogP contribution in [0.25, 0.3) is 0 Å². The Hall–Kier alpha value is -3.84. The molecule has 0 amide bonds. The Balaban J connectivity index is 2.68. The summed E-state index contributed by atoms with van der Waals surface area (Å²) in [5.41, 5.74) is 0. The minimum absolute atomic E-state index is 0.0195. The Morgan fingerprint density at radius 3 is 1.35 bits per heavy atom. The molecule has 75 heavy (non-hydrogen) atoms. The molecule has 12 nitrogen and oxygen atoms in total. The van der Waals surface area contributed by atoms with Gasteiger partial charge in [-0.1, -0.05) is 222 Å². The molecular formula is C63H106O12. The number of carboxylic acids is 1. The van der Waals surface area contributed by atoms with Crippen LogP contribution in [0, 0.1) is 0 Å². The summed E-state index contributed by atoms with van der Waals surface area (Å²) >= 11 is 0. The maximum Gasteiger partial charge on any atom is 0.335 e. The van der Waals surface area contributed by atoms with E-state index < -0.39 is 67.3 Å². The molecule has 1 heterocycles. The number of allylic oxidation sites excluding steroid dienone is 12. The number of carbonyl (C=O) groups excluding carboxylic acids is 3. The van der Waals surface area contributed by atoms with Gasteiger partial charge in [-0.2, -0.15) is 0 Å². The van der Waals surface area contributed by atoms with Gasteiger partial charge in [0.25, 0.3) is 0 Å². The summed E-state index contributed by atoms with van der Waals surface area (Å²) in [6.45, 7) is 5.83. The van der Waals surface area contributed by atoms with E-state index in [2.05, 4.69) is 93.7 Å². The van der Waals surface area contributed by atoms with Gasteiger partial charge in [-0.25, -0.2) is 4.79 Å². The summed E-state index contributed by atoms with van der Waals surface area (Å²) in [5.74, 6) is -3.17. The lowest BCUT2D eigenvalue weighted by atomic mass is 9.98. The molecule has 0 bridgehead atoms. The van der Waals surface area contributed by atoms with E-state index in [1.165, 1.54) is 83.5 Å². The molecule has 0 radical (unpaired) electrons. The largest absolute Gasteiger partial charge is 0.479 e. The second-order valence-corrected chi connectivity index (χ2v) is 20.3. The maximum atomic E-state index is 13.1. The summed E-state index contributed by atoms with van der Waals surface area (Å²) in [4.78, 5) is 51.1. The van der Waals surface area contributed by atoms with Crippen LogP contribution in [-0.4, -0.2) is 89.2 Å². The average molecular weight is 1060 g/mol. The van der Waals surface area contributed by atoms with Gasteiger partial charge in [0.15, 0.2) is 24.6 Å². The molecule has 1 rings (SSSR count). The lowest BCUT2D eigenvalue weighted by molar-refractivity contribution is -0.301. The monoisotopic (exact) mass is 1050 g/mol. The van der Waals surface area contributed by atoms with Crippen molar-refractivity contribution in [3.05, 3.63) is 72.9 Å². The fourth-order valence-corrected chi connectivity index (χ4v) is 8.67. The molecule has 1 aliphatic heterocycles. The third-order valence-electron chi connectivity index (χ3n) is 13.3. The first kappa shape index (κ1) is 69.2. The van der Waals surface area contributed by atoms with Crippen molar-refractivity contribution in [2.45, 2.75) is 289 Å². The van der Waals surface area contributed by atoms with Crippen molar-refractivity contribution in [1.29, 1.82) is 0 Å². The van der Waals surface area contributed by atoms with Crippen molar-refractivity contribution in [2.75, 3.05) is 13.2 Å². The number of carboxylic acid groups (broad SMARTS) is 1. The first-order valence-electron chi connectivity index (χ1n) is 29.9. The molecular weight excluding hydrogens is 949 g/mol. The Labute approximate surface area is 455 Å². The Kier molecular flexibility index (Phi) is 47.0. The van der Waals surface area contributed by atoms with Crippen LogP contribution in [-0.2, 0) is 42.9 Å². The van der Waals surface area contributed by atoms with E-state index in [1.54, 1.807) is 0 Å². The highest BCUT2D eigenvalue weighted by Crippen LogP contribution is 2.26. The van der Waals surface area contributed by atoms with Gasteiger partial charge in [0, 0.05) is 19.3 Å². The molecule has 0 aliphatic carbocycles. The zero-order chi connectivity index (χ0) is 54.7. The van der Waals surface area contributed by atoms with Crippen LogP contribution in [0.1, 0.15) is 252 Å². The highest BCUT2D eigenvalue weighted by molar-refractivity contribution is 5.74. The van der Waals surface area contributed by atoms with E-state index in [9.17, 15) is 34.5 Å². The highest BCUT2D eigenvalue weighted by atomic mass is 16.7. The summed E-state index contributed by atoms with van der Waals surface area (Å²) < 4.78 is 28.4. The maximum absolute atomic E-state index is 13.1. The normalized spacial score (nSPS) is 18.7. The molecule has 6 atom stereocenters. The van der Waals surface area contributed by atoms with E-state index in [0.29, 0.717) is 19.3 Å². The zero-order valence-electron chi connectivity index (χ0n) is 47.3. The number of esters is 3. The Morgan fingerprint density at radius 1 is 0.453 bits per heavy atom. The van der Waals surface area contributed by atoms with Gasteiger partial charge in [0.05, 0.1) is 6.61 Å². The number of aliphatic hydroxyl groups excluding tert-OH is 2. The van der Waals surface area contributed by atoms with Gasteiger partial charge >= 0.3 is 23.9 Å². The molecule has 12 heteroatoms. The third-order valence-corrected chi connectivity index (χ3v) is 13.3. The molecule has 0 aromatic heterocycles. The van der Waals surface area contributed by atoms with Gasteiger partial charge in [-0.05, 0) is 83.5 Å². The van der Waals surface area contributed by atoms with Gasteiger partial charge in [-0.15, -0.1) is 0 Å². The molecule has 6 unspecified atom stereocenters. The molecule has 0 spiro atoms. The van der Waals surface area contributed by atoms with Gasteiger partial charge < -0.3 is 39.0 Å². The van der Waals surface area contributed by atoms with Crippen molar-refractivity contribution in [1.82, 2.24) is 0 Å². The van der Waals surface area contributed by atoms with Crippen LogP contribution in [0.5, 0.6) is 0 Å². The number of ether oxygens (including phenoxy) is 5. The molecule has 0 aromatic carbocycles. The van der Waals surface area contributed by atoms with Crippen molar-refractivity contribution in [2.24, 2.45) is 0 Å². The van der Waals surface area contributed by atoms with Gasteiger partial charge in [0.2, 0.25) is 0 Å². The lowest BCUT2D eigenvalue weighted by Crippen LogP contribution is -2.61. The average Bonchev–Trinajstić information content (AvgIpc) is 3.39. The molecule has 1 fully saturated rings. The minimum Gasteiger partial charge on any atom is -0.479 e. The third kappa shape index (κ3) is 41.0. The quantitative estimate of drug-likeness (QED) is 0.0228. The molecule has 1 aliphatic rings. The smallest absolute Gasteiger partial charge is 0.335 e. The van der Waals surface area contributed by atoms with E-state index >= 15 is 0 Å².